The minimum Gasteiger partial charge on any atom is -0.456 e. The van der Waals surface area contributed by atoms with Crippen molar-refractivity contribution >= 4 is 21.9 Å². The Morgan fingerprint density at radius 1 is 0.392 bits per heavy atom. The molecule has 0 aliphatic carbocycles. The summed E-state index contributed by atoms with van der Waals surface area (Å²) < 4.78 is 6.49. The van der Waals surface area contributed by atoms with Crippen molar-refractivity contribution in [3.8, 4) is 73.6 Å². The van der Waals surface area contributed by atoms with Crippen LogP contribution in [0.2, 0.25) is 0 Å². The van der Waals surface area contributed by atoms with Crippen LogP contribution in [-0.2, 0) is 0 Å². The van der Waals surface area contributed by atoms with Crippen molar-refractivity contribution in [2.45, 2.75) is 0 Å². The van der Waals surface area contributed by atoms with E-state index in [2.05, 4.69) is 72.8 Å². The number of hydrogen-bond acceptors (Lipinski definition) is 5. The Morgan fingerprint density at radius 3 is 1.67 bits per heavy atom. The summed E-state index contributed by atoms with van der Waals surface area (Å²) in [6.45, 7) is 0. The first-order valence-corrected chi connectivity index (χ1v) is 16.7. The average molecular weight is 653 g/mol. The van der Waals surface area contributed by atoms with Gasteiger partial charge in [0.1, 0.15) is 11.2 Å². The largest absolute Gasteiger partial charge is 0.456 e. The lowest BCUT2D eigenvalue weighted by molar-refractivity contribution is 0.669. The number of aromatic nitrogens is 3. The molecule has 0 spiro atoms. The summed E-state index contributed by atoms with van der Waals surface area (Å²) in [5.41, 5.74) is 11.1. The molecule has 9 aromatic rings. The van der Waals surface area contributed by atoms with E-state index in [0.29, 0.717) is 23.0 Å². The lowest BCUT2D eigenvalue weighted by atomic mass is 9.96. The fraction of sp³-hybridized carbons (Fsp3) is 0. The van der Waals surface area contributed by atoms with Crippen LogP contribution in [-0.4, -0.2) is 15.0 Å². The molecule has 5 heteroatoms. The van der Waals surface area contributed by atoms with Crippen molar-refractivity contribution in [1.29, 1.82) is 5.26 Å². The Labute approximate surface area is 294 Å². The van der Waals surface area contributed by atoms with Gasteiger partial charge in [-0.25, -0.2) is 15.0 Å². The quantitative estimate of drug-likeness (QED) is 0.179. The van der Waals surface area contributed by atoms with Gasteiger partial charge in [0.25, 0.3) is 0 Å². The molecule has 0 radical (unpaired) electrons. The van der Waals surface area contributed by atoms with Crippen molar-refractivity contribution in [2.24, 2.45) is 0 Å². The van der Waals surface area contributed by atoms with Crippen LogP contribution in [0.15, 0.2) is 174 Å². The van der Waals surface area contributed by atoms with Gasteiger partial charge < -0.3 is 4.42 Å². The van der Waals surface area contributed by atoms with Crippen LogP contribution in [0.25, 0.3) is 89.5 Å². The minimum atomic E-state index is 0.542. The molecule has 0 aliphatic rings. The second-order valence-corrected chi connectivity index (χ2v) is 12.3. The maximum absolute atomic E-state index is 9.74. The van der Waals surface area contributed by atoms with Gasteiger partial charge in [0.2, 0.25) is 0 Å². The van der Waals surface area contributed by atoms with Crippen LogP contribution in [0.4, 0.5) is 0 Å². The molecule has 51 heavy (non-hydrogen) atoms. The van der Waals surface area contributed by atoms with E-state index in [0.717, 1.165) is 60.9 Å². The third kappa shape index (κ3) is 5.61. The molecule has 7 aromatic carbocycles. The van der Waals surface area contributed by atoms with Gasteiger partial charge in [0.15, 0.2) is 17.5 Å². The Hall–Kier alpha value is -7.16. The van der Waals surface area contributed by atoms with Crippen LogP contribution in [0.3, 0.4) is 0 Å². The van der Waals surface area contributed by atoms with Crippen LogP contribution >= 0.6 is 0 Å². The first-order chi connectivity index (χ1) is 25.2. The summed E-state index contributed by atoms with van der Waals surface area (Å²) in [7, 11) is 0. The first kappa shape index (κ1) is 29.9. The SMILES string of the molecule is N#Cc1ccccc1-c1cccc(-c2nc(-c3ccccc3)nc(-c3ccc4c(c3)oc3cccc(-c5ccc(-c6ccccc6)cc5)c34)n2)c1. The lowest BCUT2D eigenvalue weighted by Gasteiger charge is -2.10. The molecule has 0 aliphatic heterocycles. The molecule has 0 bridgehead atoms. The predicted octanol–water partition coefficient (Wildman–Crippen LogP) is 11.6. The van der Waals surface area contributed by atoms with Crippen molar-refractivity contribution < 1.29 is 4.42 Å². The van der Waals surface area contributed by atoms with Gasteiger partial charge >= 0.3 is 0 Å². The van der Waals surface area contributed by atoms with Gasteiger partial charge in [-0.05, 0) is 63.7 Å². The predicted molar refractivity (Wildman–Crippen MR) is 204 cm³/mol. The number of fused-ring (bicyclic) bond motifs is 3. The van der Waals surface area contributed by atoms with Crippen LogP contribution in [0, 0.1) is 11.3 Å². The zero-order chi connectivity index (χ0) is 34.1. The van der Waals surface area contributed by atoms with Crippen molar-refractivity contribution in [1.82, 2.24) is 15.0 Å². The smallest absolute Gasteiger partial charge is 0.164 e. The Kier molecular flexibility index (Phi) is 7.46. The van der Waals surface area contributed by atoms with Crippen molar-refractivity contribution in [3.05, 3.63) is 175 Å². The maximum Gasteiger partial charge on any atom is 0.164 e. The molecular weight excluding hydrogens is 625 g/mol. The van der Waals surface area contributed by atoms with Gasteiger partial charge in [-0.3, -0.25) is 0 Å². The highest BCUT2D eigenvalue weighted by molar-refractivity contribution is 6.13. The molecule has 0 amide bonds. The van der Waals surface area contributed by atoms with E-state index >= 15 is 0 Å². The first-order valence-electron chi connectivity index (χ1n) is 16.7. The van der Waals surface area contributed by atoms with E-state index < -0.39 is 0 Å². The zero-order valence-corrected chi connectivity index (χ0v) is 27.4. The summed E-state index contributed by atoms with van der Waals surface area (Å²) >= 11 is 0. The third-order valence-electron chi connectivity index (χ3n) is 9.21. The average Bonchev–Trinajstić information content (AvgIpc) is 3.60. The van der Waals surface area contributed by atoms with Gasteiger partial charge in [0.05, 0.1) is 11.6 Å². The molecule has 5 nitrogen and oxygen atoms in total. The van der Waals surface area contributed by atoms with Gasteiger partial charge in [0, 0.05) is 27.5 Å². The van der Waals surface area contributed by atoms with E-state index in [9.17, 15) is 5.26 Å². The van der Waals surface area contributed by atoms with E-state index in [-0.39, 0.29) is 0 Å². The Bertz CT molecular complexity index is 2750. The van der Waals surface area contributed by atoms with Crippen LogP contribution in [0.1, 0.15) is 5.56 Å². The van der Waals surface area contributed by atoms with E-state index in [1.54, 1.807) is 0 Å². The third-order valence-corrected chi connectivity index (χ3v) is 9.21. The molecular formula is C46H28N4O. The number of nitriles is 1. The van der Waals surface area contributed by atoms with Crippen LogP contribution < -0.4 is 0 Å². The molecule has 0 saturated carbocycles. The molecule has 238 valence electrons. The van der Waals surface area contributed by atoms with Crippen molar-refractivity contribution in [2.75, 3.05) is 0 Å². The summed E-state index contributed by atoms with van der Waals surface area (Å²) in [5.74, 6) is 1.66. The monoisotopic (exact) mass is 652 g/mol. The van der Waals surface area contributed by atoms with Gasteiger partial charge in [-0.15, -0.1) is 0 Å². The van der Waals surface area contributed by atoms with Crippen molar-refractivity contribution in [3.63, 3.8) is 0 Å². The lowest BCUT2D eigenvalue weighted by Crippen LogP contribution is -2.00. The second kappa shape index (κ2) is 12.7. The molecule has 0 atom stereocenters. The van der Waals surface area contributed by atoms with Crippen LogP contribution in [0.5, 0.6) is 0 Å². The standard InChI is InChI=1S/C46H28N4O/c47-29-37-15-7-8-18-38(37)34-16-9-17-35(27-34)45-48-44(33-13-5-2-6-14-33)49-46(50-45)36-25-26-40-42(28-36)51-41-20-10-19-39(43(40)41)32-23-21-31(22-24-32)30-11-3-1-4-12-30/h1-28H. The van der Waals surface area contributed by atoms with E-state index in [4.69, 9.17) is 19.4 Å². The fourth-order valence-electron chi connectivity index (χ4n) is 6.69. The van der Waals surface area contributed by atoms with Gasteiger partial charge in [-0.2, -0.15) is 5.26 Å². The highest BCUT2D eigenvalue weighted by Gasteiger charge is 2.17. The number of benzene rings is 7. The molecule has 0 fully saturated rings. The zero-order valence-electron chi connectivity index (χ0n) is 27.4. The van der Waals surface area contributed by atoms with E-state index in [1.165, 1.54) is 11.1 Å². The molecule has 2 aromatic heterocycles. The molecule has 2 heterocycles. The maximum atomic E-state index is 9.74. The Morgan fingerprint density at radius 2 is 0.922 bits per heavy atom. The van der Waals surface area contributed by atoms with E-state index in [1.807, 2.05) is 103 Å². The topological polar surface area (TPSA) is 75.6 Å². The molecule has 9 rings (SSSR count). The number of hydrogen-bond donors (Lipinski definition) is 0. The normalized spacial score (nSPS) is 11.1. The minimum absolute atomic E-state index is 0.542. The number of nitrogens with zero attached hydrogens (tertiary/aromatic N) is 4. The summed E-state index contributed by atoms with van der Waals surface area (Å²) in [6, 6.07) is 59.3. The summed E-state index contributed by atoms with van der Waals surface area (Å²) in [5, 5.41) is 11.8. The molecule has 0 N–H and O–H groups in total. The van der Waals surface area contributed by atoms with Gasteiger partial charge in [-0.1, -0.05) is 140 Å². The molecule has 0 saturated heterocycles. The highest BCUT2D eigenvalue weighted by Crippen LogP contribution is 2.39. The summed E-state index contributed by atoms with van der Waals surface area (Å²) in [4.78, 5) is 14.9. The Balaban J connectivity index is 1.15. The summed E-state index contributed by atoms with van der Waals surface area (Å²) in [6.07, 6.45) is 0. The molecule has 0 unspecified atom stereocenters. The number of rotatable bonds is 6. The second-order valence-electron chi connectivity index (χ2n) is 12.3. The number of furan rings is 1. The highest BCUT2D eigenvalue weighted by atomic mass is 16.3. The fourth-order valence-corrected chi connectivity index (χ4v) is 6.69.